The van der Waals surface area contributed by atoms with Gasteiger partial charge in [-0.25, -0.2) is 0 Å². The van der Waals surface area contributed by atoms with Crippen LogP contribution in [0.2, 0.25) is 0 Å². The second-order valence-electron chi connectivity index (χ2n) is 5.83. The molecule has 1 aliphatic rings. The van der Waals surface area contributed by atoms with Gasteiger partial charge in [-0.15, -0.1) is 0 Å². The Morgan fingerprint density at radius 3 is 2.94 bits per heavy atom. The van der Waals surface area contributed by atoms with Crippen molar-refractivity contribution in [3.63, 3.8) is 0 Å². The molecule has 2 rings (SSSR count). The van der Waals surface area contributed by atoms with Crippen LogP contribution in [-0.2, 0) is 6.42 Å². The van der Waals surface area contributed by atoms with Crippen molar-refractivity contribution in [2.45, 2.75) is 58.4 Å². The third-order valence-corrected chi connectivity index (χ3v) is 4.29. The predicted molar refractivity (Wildman–Crippen MR) is 78.9 cm³/mol. The molecule has 0 spiro atoms. The van der Waals surface area contributed by atoms with Gasteiger partial charge in [0.05, 0.1) is 0 Å². The van der Waals surface area contributed by atoms with Crippen LogP contribution < -0.4 is 5.32 Å². The fourth-order valence-corrected chi connectivity index (χ4v) is 3.14. The summed E-state index contributed by atoms with van der Waals surface area (Å²) in [5, 5.41) is 3.75. The molecule has 1 aliphatic carbocycles. The van der Waals surface area contributed by atoms with Crippen molar-refractivity contribution < 1.29 is 0 Å². The highest BCUT2D eigenvalue weighted by atomic mass is 14.9. The van der Waals surface area contributed by atoms with Gasteiger partial charge in [0, 0.05) is 6.04 Å². The van der Waals surface area contributed by atoms with Gasteiger partial charge in [-0.2, -0.15) is 0 Å². The van der Waals surface area contributed by atoms with Gasteiger partial charge >= 0.3 is 0 Å². The molecule has 1 heteroatoms. The quantitative estimate of drug-likeness (QED) is 0.823. The van der Waals surface area contributed by atoms with Gasteiger partial charge in [0.15, 0.2) is 0 Å². The molecule has 100 valence electrons. The monoisotopic (exact) mass is 245 g/mol. The third kappa shape index (κ3) is 4.13. The summed E-state index contributed by atoms with van der Waals surface area (Å²) in [5.74, 6) is 0.968. The first-order chi connectivity index (χ1) is 8.78. The molecule has 1 fully saturated rings. The van der Waals surface area contributed by atoms with Crippen molar-refractivity contribution in [2.24, 2.45) is 5.92 Å². The van der Waals surface area contributed by atoms with Crippen molar-refractivity contribution in [1.82, 2.24) is 5.32 Å². The van der Waals surface area contributed by atoms with E-state index in [1.165, 1.54) is 43.2 Å². The molecule has 0 amide bonds. The number of nitrogens with one attached hydrogen (secondary N) is 1. The molecule has 0 bridgehead atoms. The molecule has 1 nitrogen and oxygen atoms in total. The zero-order chi connectivity index (χ0) is 12.8. The summed E-state index contributed by atoms with van der Waals surface area (Å²) in [6.45, 7) is 5.63. The van der Waals surface area contributed by atoms with Gasteiger partial charge in [0.1, 0.15) is 0 Å². The highest BCUT2D eigenvalue weighted by molar-refractivity contribution is 5.22. The second-order valence-corrected chi connectivity index (χ2v) is 5.83. The van der Waals surface area contributed by atoms with Crippen LogP contribution in [0, 0.1) is 12.8 Å². The summed E-state index contributed by atoms with van der Waals surface area (Å²) in [6.07, 6.45) is 8.16. The van der Waals surface area contributed by atoms with Crippen molar-refractivity contribution in [3.8, 4) is 0 Å². The Morgan fingerprint density at radius 2 is 2.17 bits per heavy atom. The van der Waals surface area contributed by atoms with Crippen LogP contribution in [0.1, 0.15) is 50.2 Å². The molecule has 1 N–H and O–H groups in total. The lowest BCUT2D eigenvalue weighted by Crippen LogP contribution is -2.35. The van der Waals surface area contributed by atoms with Crippen LogP contribution >= 0.6 is 0 Å². The van der Waals surface area contributed by atoms with Gasteiger partial charge in [-0.05, 0) is 44.2 Å². The fourth-order valence-electron chi connectivity index (χ4n) is 3.14. The molecule has 0 heterocycles. The van der Waals surface area contributed by atoms with E-state index in [2.05, 4.69) is 43.4 Å². The lowest BCUT2D eigenvalue weighted by atomic mass is 9.84. The highest BCUT2D eigenvalue weighted by Gasteiger charge is 2.19. The zero-order valence-corrected chi connectivity index (χ0v) is 11.9. The molecule has 0 radical (unpaired) electrons. The van der Waals surface area contributed by atoms with Crippen LogP contribution in [0.25, 0.3) is 0 Å². The van der Waals surface area contributed by atoms with E-state index in [0.29, 0.717) is 0 Å². The number of aryl methyl sites for hydroxylation is 1. The molecular weight excluding hydrogens is 218 g/mol. The predicted octanol–water partition coefficient (Wildman–Crippen LogP) is 4.10. The third-order valence-electron chi connectivity index (χ3n) is 4.29. The Bertz CT molecular complexity index is 358. The number of hydrogen-bond acceptors (Lipinski definition) is 1. The van der Waals surface area contributed by atoms with E-state index in [4.69, 9.17) is 0 Å². The Morgan fingerprint density at radius 1 is 1.28 bits per heavy atom. The SMILES string of the molecule is CCC1CCCC(NCCc2cccc(C)c2)C1. The van der Waals surface area contributed by atoms with E-state index in [-0.39, 0.29) is 0 Å². The molecule has 18 heavy (non-hydrogen) atoms. The minimum atomic E-state index is 0.772. The Labute approximate surface area is 112 Å². The van der Waals surface area contributed by atoms with Crippen molar-refractivity contribution in [1.29, 1.82) is 0 Å². The molecule has 1 saturated carbocycles. The minimum absolute atomic E-state index is 0.772. The summed E-state index contributed by atoms with van der Waals surface area (Å²) in [7, 11) is 0. The van der Waals surface area contributed by atoms with Gasteiger partial charge < -0.3 is 5.32 Å². The van der Waals surface area contributed by atoms with E-state index in [1.54, 1.807) is 0 Å². The first kappa shape index (κ1) is 13.6. The number of hydrogen-bond donors (Lipinski definition) is 1. The van der Waals surface area contributed by atoms with E-state index in [0.717, 1.165) is 24.9 Å². The van der Waals surface area contributed by atoms with E-state index < -0.39 is 0 Å². The van der Waals surface area contributed by atoms with Crippen LogP contribution in [0.3, 0.4) is 0 Å². The van der Waals surface area contributed by atoms with Crippen molar-refractivity contribution in [2.75, 3.05) is 6.54 Å². The minimum Gasteiger partial charge on any atom is -0.314 e. The second kappa shape index (κ2) is 6.94. The maximum Gasteiger partial charge on any atom is 0.00698 e. The van der Waals surface area contributed by atoms with Crippen molar-refractivity contribution >= 4 is 0 Å². The fraction of sp³-hybridized carbons (Fsp3) is 0.647. The van der Waals surface area contributed by atoms with Gasteiger partial charge in [0.25, 0.3) is 0 Å². The summed E-state index contributed by atoms with van der Waals surface area (Å²) < 4.78 is 0. The van der Waals surface area contributed by atoms with Gasteiger partial charge in [0.2, 0.25) is 0 Å². The van der Waals surface area contributed by atoms with Crippen LogP contribution in [0.5, 0.6) is 0 Å². The normalized spacial score (nSPS) is 24.1. The summed E-state index contributed by atoms with van der Waals surface area (Å²) in [5.41, 5.74) is 2.83. The Balaban J connectivity index is 1.72. The van der Waals surface area contributed by atoms with Gasteiger partial charge in [-0.3, -0.25) is 0 Å². The highest BCUT2D eigenvalue weighted by Crippen LogP contribution is 2.26. The van der Waals surface area contributed by atoms with Crippen LogP contribution in [0.15, 0.2) is 24.3 Å². The first-order valence-corrected chi connectivity index (χ1v) is 7.57. The van der Waals surface area contributed by atoms with Gasteiger partial charge in [-0.1, -0.05) is 56.0 Å². The number of rotatable bonds is 5. The summed E-state index contributed by atoms with van der Waals surface area (Å²) >= 11 is 0. The van der Waals surface area contributed by atoms with E-state index in [1.807, 2.05) is 0 Å². The summed E-state index contributed by atoms with van der Waals surface area (Å²) in [6, 6.07) is 9.65. The average molecular weight is 245 g/mol. The Hall–Kier alpha value is -0.820. The van der Waals surface area contributed by atoms with E-state index in [9.17, 15) is 0 Å². The number of benzene rings is 1. The first-order valence-electron chi connectivity index (χ1n) is 7.57. The molecule has 2 atom stereocenters. The summed E-state index contributed by atoms with van der Waals surface area (Å²) in [4.78, 5) is 0. The maximum atomic E-state index is 3.75. The van der Waals surface area contributed by atoms with E-state index >= 15 is 0 Å². The lowest BCUT2D eigenvalue weighted by Gasteiger charge is -2.29. The molecule has 0 aromatic heterocycles. The lowest BCUT2D eigenvalue weighted by molar-refractivity contribution is 0.280. The van der Waals surface area contributed by atoms with Crippen LogP contribution in [-0.4, -0.2) is 12.6 Å². The largest absolute Gasteiger partial charge is 0.314 e. The molecule has 0 aliphatic heterocycles. The van der Waals surface area contributed by atoms with Crippen molar-refractivity contribution in [3.05, 3.63) is 35.4 Å². The molecule has 1 aromatic rings. The molecule has 1 aromatic carbocycles. The topological polar surface area (TPSA) is 12.0 Å². The van der Waals surface area contributed by atoms with Crippen LogP contribution in [0.4, 0.5) is 0 Å². The Kier molecular flexibility index (Phi) is 5.25. The maximum absolute atomic E-state index is 3.75. The molecule has 2 unspecified atom stereocenters. The average Bonchev–Trinajstić information content (AvgIpc) is 2.39. The molecule has 0 saturated heterocycles. The standard InChI is InChI=1S/C17H27N/c1-3-15-7-5-9-17(13-15)18-11-10-16-8-4-6-14(2)12-16/h4,6,8,12,15,17-18H,3,5,7,9-11,13H2,1-2H3. The zero-order valence-electron chi connectivity index (χ0n) is 11.9. The smallest absolute Gasteiger partial charge is 0.00698 e. The molecular formula is C17H27N.